The second-order valence-electron chi connectivity index (χ2n) is 11.1. The molecule has 3 amide bonds. The van der Waals surface area contributed by atoms with Gasteiger partial charge in [0, 0.05) is 12.5 Å². The summed E-state index contributed by atoms with van der Waals surface area (Å²) in [5.74, 6) is -1.62. The molecule has 3 unspecified atom stereocenters. The number of methoxy groups -OCH3 is 1. The van der Waals surface area contributed by atoms with Gasteiger partial charge in [-0.2, -0.15) is 0 Å². The standard InChI is InChI=1S/C31H43N3O7/c1-9-20(3)34(27(28(37)32-18-26(36)40-8)24-12-10-11-19(2)21(24)4)29(38)25(33-30(39)41-31(5,6)7)17-22-13-15-23(35)16-14-22/h10-16,20,25,27,35H,9,17-18H2,1-8H3,(H,32,37)(H,33,39). The summed E-state index contributed by atoms with van der Waals surface area (Å²) in [5, 5.41) is 15.1. The molecule has 2 aromatic carbocycles. The van der Waals surface area contributed by atoms with Crippen LogP contribution in [0.4, 0.5) is 4.79 Å². The van der Waals surface area contributed by atoms with Crippen molar-refractivity contribution in [1.82, 2.24) is 15.5 Å². The fraction of sp³-hybridized carbons (Fsp3) is 0.484. The zero-order valence-corrected chi connectivity index (χ0v) is 25.2. The fourth-order valence-electron chi connectivity index (χ4n) is 4.31. The van der Waals surface area contributed by atoms with E-state index in [-0.39, 0.29) is 18.7 Å². The van der Waals surface area contributed by atoms with Gasteiger partial charge in [-0.05, 0) is 82.3 Å². The molecule has 10 nitrogen and oxygen atoms in total. The van der Waals surface area contributed by atoms with E-state index >= 15 is 0 Å². The number of carbonyl (C=O) groups is 4. The number of esters is 1. The summed E-state index contributed by atoms with van der Waals surface area (Å²) < 4.78 is 10.1. The first-order valence-corrected chi connectivity index (χ1v) is 13.7. The molecule has 0 bridgehead atoms. The zero-order valence-electron chi connectivity index (χ0n) is 25.2. The first kappa shape index (κ1) is 33.1. The highest BCUT2D eigenvalue weighted by Gasteiger charge is 2.39. The number of ether oxygens (including phenoxy) is 2. The molecular formula is C31H43N3O7. The summed E-state index contributed by atoms with van der Waals surface area (Å²) in [7, 11) is 1.22. The summed E-state index contributed by atoms with van der Waals surface area (Å²) in [6.07, 6.45) is -0.193. The molecule has 2 aromatic rings. The van der Waals surface area contributed by atoms with Crippen LogP contribution in [0.25, 0.3) is 0 Å². The quantitative estimate of drug-likeness (QED) is 0.347. The number of nitrogens with one attached hydrogen (secondary N) is 2. The maximum atomic E-state index is 14.5. The van der Waals surface area contributed by atoms with Gasteiger partial charge in [0.05, 0.1) is 7.11 Å². The molecule has 0 aliphatic rings. The van der Waals surface area contributed by atoms with Crippen LogP contribution in [-0.4, -0.2) is 65.2 Å². The van der Waals surface area contributed by atoms with Crippen molar-refractivity contribution in [2.45, 2.75) is 85.0 Å². The van der Waals surface area contributed by atoms with Gasteiger partial charge in [-0.3, -0.25) is 14.4 Å². The Balaban J connectivity index is 2.64. The molecule has 0 aliphatic carbocycles. The highest BCUT2D eigenvalue weighted by molar-refractivity contribution is 5.93. The third kappa shape index (κ3) is 9.51. The largest absolute Gasteiger partial charge is 0.508 e. The monoisotopic (exact) mass is 569 g/mol. The van der Waals surface area contributed by atoms with E-state index in [1.807, 2.05) is 39.8 Å². The van der Waals surface area contributed by atoms with Gasteiger partial charge < -0.3 is 30.1 Å². The number of rotatable bonds is 11. The number of aromatic hydroxyl groups is 1. The van der Waals surface area contributed by atoms with Crippen LogP contribution in [0.3, 0.4) is 0 Å². The normalized spacial score (nSPS) is 13.4. The molecule has 2 rings (SSSR count). The highest BCUT2D eigenvalue weighted by atomic mass is 16.6. The van der Waals surface area contributed by atoms with Crippen LogP contribution in [0, 0.1) is 13.8 Å². The van der Waals surface area contributed by atoms with Gasteiger partial charge >= 0.3 is 12.1 Å². The van der Waals surface area contributed by atoms with Crippen molar-refractivity contribution in [2.75, 3.05) is 13.7 Å². The molecule has 0 saturated heterocycles. The number of aryl methyl sites for hydroxylation is 1. The van der Waals surface area contributed by atoms with Gasteiger partial charge in [-0.1, -0.05) is 37.3 Å². The Bertz CT molecular complexity index is 1220. The molecule has 224 valence electrons. The molecule has 0 fully saturated rings. The molecule has 0 saturated carbocycles. The van der Waals surface area contributed by atoms with Gasteiger partial charge in [0.2, 0.25) is 11.8 Å². The minimum atomic E-state index is -1.11. The third-order valence-corrected chi connectivity index (χ3v) is 6.79. The Kier molecular flexibility index (Phi) is 11.7. The van der Waals surface area contributed by atoms with Crippen LogP contribution in [0.15, 0.2) is 42.5 Å². The average Bonchev–Trinajstić information content (AvgIpc) is 2.91. The van der Waals surface area contributed by atoms with Gasteiger partial charge in [0.25, 0.3) is 0 Å². The number of nitrogens with zero attached hydrogens (tertiary/aromatic N) is 1. The summed E-state index contributed by atoms with van der Waals surface area (Å²) >= 11 is 0. The van der Waals surface area contributed by atoms with E-state index in [2.05, 4.69) is 15.4 Å². The lowest BCUT2D eigenvalue weighted by atomic mass is 9.93. The summed E-state index contributed by atoms with van der Waals surface area (Å²) in [6, 6.07) is 9.17. The van der Waals surface area contributed by atoms with E-state index in [1.54, 1.807) is 39.0 Å². The third-order valence-electron chi connectivity index (χ3n) is 6.79. The Morgan fingerprint density at radius 2 is 1.66 bits per heavy atom. The van der Waals surface area contributed by atoms with Crippen LogP contribution in [0.5, 0.6) is 5.75 Å². The summed E-state index contributed by atoms with van der Waals surface area (Å²) in [6.45, 7) is 12.3. The number of carbonyl (C=O) groups excluding carboxylic acids is 4. The number of hydrogen-bond donors (Lipinski definition) is 3. The van der Waals surface area contributed by atoms with E-state index in [4.69, 9.17) is 4.74 Å². The van der Waals surface area contributed by atoms with Crippen LogP contribution >= 0.6 is 0 Å². The van der Waals surface area contributed by atoms with Crippen LogP contribution in [0.2, 0.25) is 0 Å². The van der Waals surface area contributed by atoms with Crippen molar-refractivity contribution >= 4 is 23.9 Å². The van der Waals surface area contributed by atoms with Crippen LogP contribution < -0.4 is 10.6 Å². The molecule has 41 heavy (non-hydrogen) atoms. The first-order valence-electron chi connectivity index (χ1n) is 13.7. The van der Waals surface area contributed by atoms with Crippen molar-refractivity contribution < 1.29 is 33.8 Å². The molecule has 0 radical (unpaired) electrons. The minimum Gasteiger partial charge on any atom is -0.508 e. The van der Waals surface area contributed by atoms with Crippen molar-refractivity contribution in [3.8, 4) is 5.75 Å². The number of amides is 3. The SMILES string of the molecule is CCC(C)N(C(=O)C(Cc1ccc(O)cc1)NC(=O)OC(C)(C)C)C(C(=O)NCC(=O)OC)c1cccc(C)c1C. The maximum Gasteiger partial charge on any atom is 0.408 e. The lowest BCUT2D eigenvalue weighted by molar-refractivity contribution is -0.146. The van der Waals surface area contributed by atoms with Gasteiger partial charge in [0.15, 0.2) is 0 Å². The van der Waals surface area contributed by atoms with Gasteiger partial charge in [-0.25, -0.2) is 4.79 Å². The summed E-state index contributed by atoms with van der Waals surface area (Å²) in [4.78, 5) is 54.5. The smallest absolute Gasteiger partial charge is 0.408 e. The molecule has 0 aliphatic heterocycles. The number of phenolic OH excluding ortho intramolecular Hbond substituents is 1. The highest BCUT2D eigenvalue weighted by Crippen LogP contribution is 2.30. The number of hydrogen-bond acceptors (Lipinski definition) is 7. The Morgan fingerprint density at radius 3 is 2.22 bits per heavy atom. The second-order valence-corrected chi connectivity index (χ2v) is 11.1. The van der Waals surface area contributed by atoms with E-state index in [0.717, 1.165) is 11.1 Å². The second kappa shape index (κ2) is 14.5. The molecule has 0 aromatic heterocycles. The molecule has 3 atom stereocenters. The Morgan fingerprint density at radius 1 is 1.02 bits per heavy atom. The van der Waals surface area contributed by atoms with Crippen LogP contribution in [0.1, 0.15) is 69.3 Å². The summed E-state index contributed by atoms with van der Waals surface area (Å²) in [5.41, 5.74) is 2.22. The van der Waals surface area contributed by atoms with E-state index in [0.29, 0.717) is 17.5 Å². The first-order chi connectivity index (χ1) is 19.2. The number of alkyl carbamates (subject to hydrolysis) is 1. The van der Waals surface area contributed by atoms with Crippen molar-refractivity contribution in [3.05, 3.63) is 64.7 Å². The Hall–Kier alpha value is -4.08. The molecule has 10 heteroatoms. The number of benzene rings is 2. The van der Waals surface area contributed by atoms with E-state index in [9.17, 15) is 24.3 Å². The van der Waals surface area contributed by atoms with Gasteiger partial charge in [0.1, 0.15) is 30.0 Å². The van der Waals surface area contributed by atoms with Gasteiger partial charge in [-0.15, -0.1) is 0 Å². The zero-order chi connectivity index (χ0) is 30.9. The maximum absolute atomic E-state index is 14.5. The van der Waals surface area contributed by atoms with Crippen LogP contribution in [-0.2, 0) is 30.3 Å². The molecule has 3 N–H and O–H groups in total. The van der Waals surface area contributed by atoms with Crippen molar-refractivity contribution in [3.63, 3.8) is 0 Å². The van der Waals surface area contributed by atoms with Crippen molar-refractivity contribution in [2.24, 2.45) is 0 Å². The minimum absolute atomic E-state index is 0.0650. The Labute approximate surface area is 242 Å². The topological polar surface area (TPSA) is 134 Å². The predicted octanol–water partition coefficient (Wildman–Crippen LogP) is 4.10. The lowest BCUT2D eigenvalue weighted by Gasteiger charge is -2.39. The predicted molar refractivity (Wildman–Crippen MR) is 155 cm³/mol. The van der Waals surface area contributed by atoms with Crippen molar-refractivity contribution in [1.29, 1.82) is 0 Å². The van der Waals surface area contributed by atoms with E-state index in [1.165, 1.54) is 24.1 Å². The average molecular weight is 570 g/mol. The number of phenols is 1. The fourth-order valence-corrected chi connectivity index (χ4v) is 4.31. The molecule has 0 heterocycles. The van der Waals surface area contributed by atoms with E-state index < -0.39 is 47.6 Å². The lowest BCUT2D eigenvalue weighted by Crippen LogP contribution is -2.56. The molecule has 0 spiro atoms. The molecular weight excluding hydrogens is 526 g/mol.